The molecular formula is C14H18N4O3. The monoisotopic (exact) mass is 290 g/mol. The second-order valence-corrected chi connectivity index (χ2v) is 4.72. The van der Waals surface area contributed by atoms with Crippen LogP contribution in [0.4, 0.5) is 17.3 Å². The van der Waals surface area contributed by atoms with Gasteiger partial charge in [0.05, 0.1) is 23.6 Å². The fourth-order valence-electron chi connectivity index (χ4n) is 1.96. The molecule has 21 heavy (non-hydrogen) atoms. The largest absolute Gasteiger partial charge is 0.464 e. The third-order valence-electron chi connectivity index (χ3n) is 2.95. The molecule has 0 aliphatic rings. The van der Waals surface area contributed by atoms with Crippen LogP contribution in [-0.4, -0.2) is 23.5 Å². The topological polar surface area (TPSA) is 84.4 Å². The first-order valence-electron chi connectivity index (χ1n) is 6.66. The molecule has 7 nitrogen and oxygen atoms in total. The van der Waals surface area contributed by atoms with Gasteiger partial charge in [-0.1, -0.05) is 0 Å². The molecule has 0 radical (unpaired) electrons. The summed E-state index contributed by atoms with van der Waals surface area (Å²) in [5.74, 6) is 2.63. The highest BCUT2D eigenvalue weighted by atomic mass is 16.6. The molecule has 2 aromatic heterocycles. The molecule has 1 N–H and O–H groups in total. The molecule has 2 aromatic rings. The molecule has 0 aliphatic heterocycles. The first kappa shape index (κ1) is 14.8. The molecule has 112 valence electrons. The van der Waals surface area contributed by atoms with E-state index in [1.807, 2.05) is 37.9 Å². The highest BCUT2D eigenvalue weighted by Crippen LogP contribution is 2.24. The average molecular weight is 290 g/mol. The summed E-state index contributed by atoms with van der Waals surface area (Å²) in [7, 11) is 1.82. The minimum Gasteiger partial charge on any atom is -0.464 e. The summed E-state index contributed by atoms with van der Waals surface area (Å²) < 4.78 is 5.51. The molecule has 0 fully saturated rings. The maximum absolute atomic E-state index is 11.0. The minimum atomic E-state index is -0.420. The summed E-state index contributed by atoms with van der Waals surface area (Å²) in [6.45, 7) is 4.93. The van der Waals surface area contributed by atoms with Crippen molar-refractivity contribution < 1.29 is 9.34 Å². The number of aromatic nitrogens is 1. The van der Waals surface area contributed by atoms with Crippen LogP contribution in [0, 0.1) is 17.0 Å². The van der Waals surface area contributed by atoms with Crippen LogP contribution in [0.25, 0.3) is 0 Å². The lowest BCUT2D eigenvalue weighted by Gasteiger charge is -2.17. The number of anilines is 2. The molecule has 2 rings (SSSR count). The number of aryl methyl sites for hydroxylation is 1. The Morgan fingerprint density at radius 2 is 2.19 bits per heavy atom. The van der Waals surface area contributed by atoms with E-state index >= 15 is 0 Å². The zero-order chi connectivity index (χ0) is 15.4. The normalized spacial score (nSPS) is 10.4. The van der Waals surface area contributed by atoms with E-state index in [1.54, 1.807) is 0 Å². The molecule has 0 amide bonds. The zero-order valence-electron chi connectivity index (χ0n) is 12.3. The van der Waals surface area contributed by atoms with Gasteiger partial charge in [0.15, 0.2) is 0 Å². The van der Waals surface area contributed by atoms with E-state index in [4.69, 9.17) is 4.42 Å². The molecule has 2 heterocycles. The van der Waals surface area contributed by atoms with Crippen LogP contribution in [0.15, 0.2) is 28.7 Å². The Bertz CT molecular complexity index is 639. The van der Waals surface area contributed by atoms with Crippen molar-refractivity contribution in [2.24, 2.45) is 0 Å². The number of nitro groups is 1. The van der Waals surface area contributed by atoms with Gasteiger partial charge >= 0.3 is 0 Å². The van der Waals surface area contributed by atoms with E-state index in [9.17, 15) is 10.1 Å². The zero-order valence-corrected chi connectivity index (χ0v) is 12.3. The van der Waals surface area contributed by atoms with Gasteiger partial charge in [0.1, 0.15) is 23.2 Å². The van der Waals surface area contributed by atoms with Gasteiger partial charge in [-0.25, -0.2) is 4.98 Å². The summed E-state index contributed by atoms with van der Waals surface area (Å²) in [5, 5.41) is 14.0. The molecule has 0 saturated carbocycles. The summed E-state index contributed by atoms with van der Waals surface area (Å²) in [6.07, 6.45) is 0. The molecule has 0 spiro atoms. The molecule has 0 atom stereocenters. The number of hydrogen-bond donors (Lipinski definition) is 1. The molecule has 0 unspecified atom stereocenters. The molecule has 0 aliphatic carbocycles. The van der Waals surface area contributed by atoms with E-state index in [2.05, 4.69) is 10.3 Å². The van der Waals surface area contributed by atoms with Crippen LogP contribution in [-0.2, 0) is 6.54 Å². The van der Waals surface area contributed by atoms with Crippen LogP contribution >= 0.6 is 0 Å². The molecule has 0 aromatic carbocycles. The Balaban J connectivity index is 2.26. The Hall–Kier alpha value is -2.57. The number of rotatable bonds is 6. The van der Waals surface area contributed by atoms with E-state index in [0.29, 0.717) is 24.7 Å². The van der Waals surface area contributed by atoms with Gasteiger partial charge in [-0.3, -0.25) is 10.1 Å². The van der Waals surface area contributed by atoms with Crippen LogP contribution in [0.5, 0.6) is 0 Å². The number of nitrogens with one attached hydrogen (secondary N) is 1. The van der Waals surface area contributed by atoms with E-state index < -0.39 is 4.92 Å². The van der Waals surface area contributed by atoms with Crippen molar-refractivity contribution in [2.45, 2.75) is 20.4 Å². The quantitative estimate of drug-likeness (QED) is 0.650. The van der Waals surface area contributed by atoms with Crippen LogP contribution < -0.4 is 10.2 Å². The maximum Gasteiger partial charge on any atom is 0.276 e. The predicted octanol–water partition coefficient (Wildman–Crippen LogP) is 2.96. The van der Waals surface area contributed by atoms with Crippen molar-refractivity contribution in [3.8, 4) is 0 Å². The fourth-order valence-corrected chi connectivity index (χ4v) is 1.96. The lowest BCUT2D eigenvalue weighted by Crippen LogP contribution is -2.18. The molecule has 0 saturated heterocycles. The van der Waals surface area contributed by atoms with Crippen molar-refractivity contribution >= 4 is 17.3 Å². The Kier molecular flexibility index (Phi) is 4.42. The van der Waals surface area contributed by atoms with E-state index in [-0.39, 0.29) is 5.69 Å². The van der Waals surface area contributed by atoms with Crippen LogP contribution in [0.1, 0.15) is 18.4 Å². The second-order valence-electron chi connectivity index (χ2n) is 4.72. The third-order valence-corrected chi connectivity index (χ3v) is 2.95. The average Bonchev–Trinajstić information content (AvgIpc) is 2.84. The summed E-state index contributed by atoms with van der Waals surface area (Å²) in [4.78, 5) is 16.8. The Morgan fingerprint density at radius 3 is 2.76 bits per heavy atom. The van der Waals surface area contributed by atoms with Crippen LogP contribution in [0.3, 0.4) is 0 Å². The summed E-state index contributed by atoms with van der Waals surface area (Å²) in [6, 6.07) is 6.65. The van der Waals surface area contributed by atoms with Gasteiger partial charge in [0, 0.05) is 13.6 Å². The molecule has 7 heteroatoms. The summed E-state index contributed by atoms with van der Waals surface area (Å²) in [5.41, 5.74) is 0.0124. The maximum atomic E-state index is 11.0. The van der Waals surface area contributed by atoms with Crippen molar-refractivity contribution in [2.75, 3.05) is 23.8 Å². The number of furan rings is 1. The predicted molar refractivity (Wildman–Crippen MR) is 80.6 cm³/mol. The first-order chi connectivity index (χ1) is 9.99. The first-order valence-corrected chi connectivity index (χ1v) is 6.66. The van der Waals surface area contributed by atoms with Crippen molar-refractivity contribution in [1.82, 2.24) is 4.98 Å². The number of nitrogens with zero attached hydrogens (tertiary/aromatic N) is 3. The van der Waals surface area contributed by atoms with Gasteiger partial charge in [-0.05, 0) is 26.0 Å². The van der Waals surface area contributed by atoms with Crippen molar-refractivity contribution in [3.05, 3.63) is 45.9 Å². The molecular weight excluding hydrogens is 272 g/mol. The van der Waals surface area contributed by atoms with Crippen LogP contribution in [0.2, 0.25) is 0 Å². The fraction of sp³-hybridized carbons (Fsp3) is 0.357. The van der Waals surface area contributed by atoms with Gasteiger partial charge in [-0.2, -0.15) is 0 Å². The SMILES string of the molecule is CCNc1cc([N+](=O)[O-])cc(N(C)Cc2ccc(C)o2)n1. The number of hydrogen-bond acceptors (Lipinski definition) is 6. The van der Waals surface area contributed by atoms with Crippen molar-refractivity contribution in [1.29, 1.82) is 0 Å². The summed E-state index contributed by atoms with van der Waals surface area (Å²) >= 11 is 0. The van der Waals surface area contributed by atoms with Gasteiger partial charge in [0.25, 0.3) is 5.69 Å². The minimum absolute atomic E-state index is 0.0124. The standard InChI is InChI=1S/C14H18N4O3/c1-4-15-13-7-11(18(19)20)8-14(16-13)17(3)9-12-6-5-10(2)21-12/h5-8H,4,9H2,1-3H3,(H,15,16). The lowest BCUT2D eigenvalue weighted by atomic mass is 10.3. The van der Waals surface area contributed by atoms with Gasteiger partial charge in [-0.15, -0.1) is 0 Å². The second kappa shape index (κ2) is 6.25. The highest BCUT2D eigenvalue weighted by Gasteiger charge is 2.14. The van der Waals surface area contributed by atoms with Gasteiger partial charge in [0.2, 0.25) is 0 Å². The Labute approximate surface area is 122 Å². The van der Waals surface area contributed by atoms with E-state index in [0.717, 1.165) is 11.5 Å². The van der Waals surface area contributed by atoms with Gasteiger partial charge < -0.3 is 14.6 Å². The molecule has 0 bridgehead atoms. The lowest BCUT2D eigenvalue weighted by molar-refractivity contribution is -0.384. The Morgan fingerprint density at radius 1 is 1.43 bits per heavy atom. The smallest absolute Gasteiger partial charge is 0.276 e. The number of pyridine rings is 1. The van der Waals surface area contributed by atoms with E-state index in [1.165, 1.54) is 12.1 Å². The third kappa shape index (κ3) is 3.71. The highest BCUT2D eigenvalue weighted by molar-refractivity contribution is 5.55. The van der Waals surface area contributed by atoms with Crippen molar-refractivity contribution in [3.63, 3.8) is 0 Å².